The highest BCUT2D eigenvalue weighted by Crippen LogP contribution is 2.28. The quantitative estimate of drug-likeness (QED) is 0.459. The summed E-state index contributed by atoms with van der Waals surface area (Å²) in [6.07, 6.45) is 5.39. The third-order valence-corrected chi connectivity index (χ3v) is 5.11. The van der Waals surface area contributed by atoms with Crippen molar-refractivity contribution >= 4 is 33.9 Å². The number of rotatable bonds is 11. The van der Waals surface area contributed by atoms with Crippen molar-refractivity contribution in [1.29, 1.82) is 0 Å². The maximum atomic E-state index is 13.0. The predicted molar refractivity (Wildman–Crippen MR) is 122 cm³/mol. The van der Waals surface area contributed by atoms with Crippen LogP contribution in [0.3, 0.4) is 0 Å². The highest BCUT2D eigenvalue weighted by atomic mass is 16.5. The van der Waals surface area contributed by atoms with Gasteiger partial charge in [-0.25, -0.2) is 9.97 Å². The molecule has 7 heteroatoms. The van der Waals surface area contributed by atoms with Crippen molar-refractivity contribution in [3.8, 4) is 0 Å². The second-order valence-corrected chi connectivity index (χ2v) is 7.89. The lowest BCUT2D eigenvalue weighted by Gasteiger charge is -2.09. The van der Waals surface area contributed by atoms with E-state index in [0.29, 0.717) is 35.7 Å². The highest BCUT2D eigenvalue weighted by Gasteiger charge is 2.23. The van der Waals surface area contributed by atoms with E-state index in [-0.39, 0.29) is 12.0 Å². The molecular formula is C23H33N5O2. The first-order chi connectivity index (χ1) is 14.5. The van der Waals surface area contributed by atoms with Crippen molar-refractivity contribution in [3.63, 3.8) is 0 Å². The molecule has 162 valence electrons. The van der Waals surface area contributed by atoms with Crippen LogP contribution < -0.4 is 11.1 Å². The Morgan fingerprint density at radius 1 is 1.13 bits per heavy atom. The molecule has 0 saturated heterocycles. The monoisotopic (exact) mass is 411 g/mol. The highest BCUT2D eigenvalue weighted by molar-refractivity contribution is 6.10. The van der Waals surface area contributed by atoms with Crippen molar-refractivity contribution in [1.82, 2.24) is 19.9 Å². The molecule has 2 heterocycles. The molecule has 7 nitrogen and oxygen atoms in total. The summed E-state index contributed by atoms with van der Waals surface area (Å²) in [5.41, 5.74) is 9.68. The average molecular weight is 412 g/mol. The topological polar surface area (TPSA) is 95.1 Å². The van der Waals surface area contributed by atoms with Crippen LogP contribution in [0.4, 0.5) is 5.82 Å². The zero-order valence-corrected chi connectivity index (χ0v) is 18.3. The summed E-state index contributed by atoms with van der Waals surface area (Å²) < 4.78 is 7.48. The van der Waals surface area contributed by atoms with E-state index >= 15 is 0 Å². The number of benzene rings is 1. The van der Waals surface area contributed by atoms with Crippen LogP contribution in [0, 0.1) is 0 Å². The van der Waals surface area contributed by atoms with E-state index in [0.717, 1.165) is 36.8 Å². The van der Waals surface area contributed by atoms with E-state index in [9.17, 15) is 4.79 Å². The van der Waals surface area contributed by atoms with Gasteiger partial charge in [0.15, 0.2) is 5.65 Å². The van der Waals surface area contributed by atoms with Gasteiger partial charge in [-0.15, -0.1) is 0 Å². The second-order valence-electron chi connectivity index (χ2n) is 7.89. The number of aromatic nitrogens is 3. The Kier molecular flexibility index (Phi) is 7.63. The number of para-hydroxylation sites is 2. The number of hydrogen-bond acceptors (Lipinski definition) is 5. The molecule has 3 N–H and O–H groups in total. The first kappa shape index (κ1) is 22.0. The maximum Gasteiger partial charge on any atom is 0.257 e. The molecule has 0 bridgehead atoms. The Morgan fingerprint density at radius 3 is 2.57 bits per heavy atom. The molecule has 0 unspecified atom stereocenters. The number of unbranched alkanes of at least 4 members (excludes halogenated alkanes) is 3. The molecule has 0 aliphatic carbocycles. The van der Waals surface area contributed by atoms with E-state index in [1.54, 1.807) is 0 Å². The number of carbonyl (C=O) groups excluding carboxylic acids is 1. The summed E-state index contributed by atoms with van der Waals surface area (Å²) in [5.74, 6) is 0.228. The Hall–Kier alpha value is -2.67. The van der Waals surface area contributed by atoms with Crippen molar-refractivity contribution in [3.05, 3.63) is 29.8 Å². The van der Waals surface area contributed by atoms with E-state index in [1.165, 1.54) is 12.8 Å². The molecule has 0 saturated carbocycles. The summed E-state index contributed by atoms with van der Waals surface area (Å²) in [6.45, 7) is 8.04. The maximum absolute atomic E-state index is 13.0. The van der Waals surface area contributed by atoms with Gasteiger partial charge in [-0.2, -0.15) is 0 Å². The Balaban J connectivity index is 1.88. The van der Waals surface area contributed by atoms with Crippen molar-refractivity contribution in [2.75, 3.05) is 18.9 Å². The summed E-state index contributed by atoms with van der Waals surface area (Å²) in [7, 11) is 0. The standard InChI is InChI=1S/C23H33N5O2/c1-4-5-6-9-14-28-21(24)19(23(29)25-13-10-15-30-16(2)3)20-22(28)27-18-12-8-7-11-17(18)26-20/h7-8,11-12,16H,4-6,9-10,13-15,24H2,1-3H3,(H,25,29). The van der Waals surface area contributed by atoms with Gasteiger partial charge in [0.1, 0.15) is 16.9 Å². The molecule has 3 aromatic rings. The normalized spacial score (nSPS) is 11.6. The number of nitrogens with two attached hydrogens (primary N) is 1. The van der Waals surface area contributed by atoms with Crippen LogP contribution >= 0.6 is 0 Å². The lowest BCUT2D eigenvalue weighted by Crippen LogP contribution is -2.26. The fourth-order valence-corrected chi connectivity index (χ4v) is 3.55. The van der Waals surface area contributed by atoms with Gasteiger partial charge in [-0.1, -0.05) is 38.3 Å². The van der Waals surface area contributed by atoms with Gasteiger partial charge in [0.05, 0.1) is 17.1 Å². The van der Waals surface area contributed by atoms with Crippen molar-refractivity contribution in [2.24, 2.45) is 0 Å². The summed E-state index contributed by atoms with van der Waals surface area (Å²) in [6, 6.07) is 7.69. The molecule has 1 amide bonds. The number of nitrogen functional groups attached to an aromatic ring is 1. The number of nitrogens with one attached hydrogen (secondary N) is 1. The first-order valence-electron chi connectivity index (χ1n) is 11.0. The predicted octanol–water partition coefficient (Wildman–Crippen LogP) is 4.29. The number of aryl methyl sites for hydroxylation is 1. The largest absolute Gasteiger partial charge is 0.384 e. The van der Waals surface area contributed by atoms with Crippen LogP contribution in [0.2, 0.25) is 0 Å². The number of carbonyl (C=O) groups is 1. The molecule has 0 spiro atoms. The lowest BCUT2D eigenvalue weighted by molar-refractivity contribution is 0.0757. The third-order valence-electron chi connectivity index (χ3n) is 5.11. The number of hydrogen-bond donors (Lipinski definition) is 2. The molecule has 0 fully saturated rings. The molecule has 0 atom stereocenters. The smallest absolute Gasteiger partial charge is 0.257 e. The molecule has 0 radical (unpaired) electrons. The van der Waals surface area contributed by atoms with Gasteiger partial charge in [-0.05, 0) is 38.8 Å². The molecule has 1 aromatic carbocycles. The third kappa shape index (κ3) is 5.08. The van der Waals surface area contributed by atoms with E-state index in [1.807, 2.05) is 42.7 Å². The molecule has 3 rings (SSSR count). The van der Waals surface area contributed by atoms with Crippen molar-refractivity contribution < 1.29 is 9.53 Å². The summed E-state index contributed by atoms with van der Waals surface area (Å²) in [4.78, 5) is 22.5. The van der Waals surface area contributed by atoms with Crippen molar-refractivity contribution in [2.45, 2.75) is 65.5 Å². The van der Waals surface area contributed by atoms with Gasteiger partial charge in [0.2, 0.25) is 0 Å². The fourth-order valence-electron chi connectivity index (χ4n) is 3.55. The fraction of sp³-hybridized carbons (Fsp3) is 0.522. The van der Waals surface area contributed by atoms with Gasteiger partial charge in [0.25, 0.3) is 5.91 Å². The van der Waals surface area contributed by atoms with Crippen LogP contribution in [-0.4, -0.2) is 39.7 Å². The van der Waals surface area contributed by atoms with E-state index in [4.69, 9.17) is 20.4 Å². The molecule has 0 aliphatic rings. The van der Waals surface area contributed by atoms with Gasteiger partial charge >= 0.3 is 0 Å². The molecule has 30 heavy (non-hydrogen) atoms. The number of nitrogens with zero attached hydrogens (tertiary/aromatic N) is 3. The van der Waals surface area contributed by atoms with Gasteiger partial charge in [-0.3, -0.25) is 4.79 Å². The number of amides is 1. The summed E-state index contributed by atoms with van der Waals surface area (Å²) in [5, 5.41) is 2.96. The van der Waals surface area contributed by atoms with Crippen LogP contribution in [0.5, 0.6) is 0 Å². The molecule has 0 aliphatic heterocycles. The Morgan fingerprint density at radius 2 is 1.87 bits per heavy atom. The van der Waals surface area contributed by atoms with E-state index < -0.39 is 0 Å². The SMILES string of the molecule is CCCCCCn1c(N)c(C(=O)NCCCOC(C)C)c2nc3ccccc3nc21. The van der Waals surface area contributed by atoms with E-state index in [2.05, 4.69) is 12.2 Å². The van der Waals surface area contributed by atoms with Crippen LogP contribution in [0.25, 0.3) is 22.2 Å². The van der Waals surface area contributed by atoms with Crippen LogP contribution in [0.15, 0.2) is 24.3 Å². The minimum absolute atomic E-state index is 0.186. The molecular weight excluding hydrogens is 378 g/mol. The van der Waals surface area contributed by atoms with Gasteiger partial charge < -0.3 is 20.4 Å². The Labute approximate surface area is 178 Å². The second kappa shape index (κ2) is 10.4. The molecule has 2 aromatic heterocycles. The zero-order valence-electron chi connectivity index (χ0n) is 18.3. The first-order valence-corrected chi connectivity index (χ1v) is 11.0. The Bertz CT molecular complexity index is 996. The van der Waals surface area contributed by atoms with Crippen LogP contribution in [0.1, 0.15) is 63.2 Å². The number of anilines is 1. The minimum Gasteiger partial charge on any atom is -0.384 e. The number of ether oxygens (including phenoxy) is 1. The van der Waals surface area contributed by atoms with Crippen LogP contribution in [-0.2, 0) is 11.3 Å². The average Bonchev–Trinajstić information content (AvgIpc) is 2.99. The minimum atomic E-state index is -0.209. The zero-order chi connectivity index (χ0) is 21.5. The lowest BCUT2D eigenvalue weighted by atomic mass is 10.2. The van der Waals surface area contributed by atoms with Gasteiger partial charge in [0, 0.05) is 19.7 Å². The number of fused-ring (bicyclic) bond motifs is 2. The summed E-state index contributed by atoms with van der Waals surface area (Å²) >= 11 is 0.